The molecule has 0 atom stereocenters. The van der Waals surface area contributed by atoms with Crippen molar-refractivity contribution in [3.63, 3.8) is 0 Å². The van der Waals surface area contributed by atoms with Gasteiger partial charge in [0.2, 0.25) is 0 Å². The van der Waals surface area contributed by atoms with E-state index >= 15 is 0 Å². The van der Waals surface area contributed by atoms with Gasteiger partial charge in [0.1, 0.15) is 13.2 Å². The van der Waals surface area contributed by atoms with Crippen LogP contribution in [0.4, 0.5) is 0 Å². The van der Waals surface area contributed by atoms with Crippen LogP contribution < -0.4 is 0 Å². The van der Waals surface area contributed by atoms with Crippen molar-refractivity contribution in [3.05, 3.63) is 95.1 Å². The highest BCUT2D eigenvalue weighted by atomic mass is 16.5. The summed E-state index contributed by atoms with van der Waals surface area (Å²) in [5.74, 6) is -0.725. The lowest BCUT2D eigenvalue weighted by atomic mass is 10.0. The van der Waals surface area contributed by atoms with E-state index in [0.717, 1.165) is 32.7 Å². The van der Waals surface area contributed by atoms with Crippen molar-refractivity contribution in [3.8, 4) is 0 Å². The van der Waals surface area contributed by atoms with Gasteiger partial charge in [0.05, 0.1) is 25.3 Å². The van der Waals surface area contributed by atoms with Gasteiger partial charge in [-0.05, 0) is 69.1 Å². The van der Waals surface area contributed by atoms with E-state index in [1.54, 1.807) is 24.3 Å². The summed E-state index contributed by atoms with van der Waals surface area (Å²) in [5.41, 5.74) is 2.79. The third-order valence-corrected chi connectivity index (χ3v) is 5.29. The maximum atomic E-state index is 11.4. The number of esters is 2. The van der Waals surface area contributed by atoms with Gasteiger partial charge in [0.15, 0.2) is 0 Å². The molecule has 0 heterocycles. The summed E-state index contributed by atoms with van der Waals surface area (Å²) in [7, 11) is 2.70. The van der Waals surface area contributed by atoms with Gasteiger partial charge in [-0.15, -0.1) is 0 Å². The number of hydrogen-bond acceptors (Lipinski definition) is 8. The number of carbonyl (C=O) groups excluding carboxylic acids is 4. The Hall–Kier alpha value is -4.72. The molecule has 0 N–H and O–H groups in total. The van der Waals surface area contributed by atoms with E-state index in [-0.39, 0.29) is 25.2 Å². The second kappa shape index (κ2) is 12.7. The van der Waals surface area contributed by atoms with Gasteiger partial charge in [-0.25, -0.2) is 9.59 Å². The Labute approximate surface area is 207 Å². The molecular weight excluding hydrogens is 464 g/mol. The molecule has 4 aromatic rings. The van der Waals surface area contributed by atoms with Gasteiger partial charge in [-0.3, -0.25) is 9.59 Å². The second-order valence-corrected chi connectivity index (χ2v) is 7.59. The predicted molar refractivity (Wildman–Crippen MR) is 132 cm³/mol. The lowest BCUT2D eigenvalue weighted by Crippen LogP contribution is -2.00. The normalized spacial score (nSPS) is 10.1. The Bertz CT molecular complexity index is 1390. The standard InChI is InChI=1S/2C14H12O4/c1-17-14(16)13-5-4-11-6-10(8-18-9-15)2-3-12(11)7-13;1-17-14(16)12-5-4-11-3-2-10(8-18-9-15)6-13(11)7-12/h2*2-7,9H,8H2,1H3. The fourth-order valence-corrected chi connectivity index (χ4v) is 3.52. The van der Waals surface area contributed by atoms with E-state index in [1.165, 1.54) is 14.2 Å². The third kappa shape index (κ3) is 6.66. The van der Waals surface area contributed by atoms with Crippen molar-refractivity contribution < 1.29 is 38.1 Å². The van der Waals surface area contributed by atoms with Gasteiger partial charge in [0.25, 0.3) is 12.9 Å². The lowest BCUT2D eigenvalue weighted by Gasteiger charge is -2.05. The average Bonchev–Trinajstić information content (AvgIpc) is 2.93. The number of ether oxygens (including phenoxy) is 4. The van der Waals surface area contributed by atoms with E-state index in [4.69, 9.17) is 9.47 Å². The number of rotatable bonds is 8. The third-order valence-electron chi connectivity index (χ3n) is 5.29. The molecule has 0 saturated carbocycles. The molecule has 0 aliphatic rings. The van der Waals surface area contributed by atoms with Crippen LogP contribution in [0.2, 0.25) is 0 Å². The van der Waals surface area contributed by atoms with Crippen LogP contribution in [0, 0.1) is 0 Å². The number of hydrogen-bond donors (Lipinski definition) is 0. The van der Waals surface area contributed by atoms with Crippen LogP contribution in [0.25, 0.3) is 21.5 Å². The van der Waals surface area contributed by atoms with Crippen molar-refractivity contribution in [2.45, 2.75) is 13.2 Å². The first kappa shape index (κ1) is 25.9. The molecule has 8 nitrogen and oxygen atoms in total. The molecule has 0 amide bonds. The zero-order valence-electron chi connectivity index (χ0n) is 19.8. The highest BCUT2D eigenvalue weighted by molar-refractivity contribution is 5.96. The fraction of sp³-hybridized carbons (Fsp3) is 0.143. The summed E-state index contributed by atoms with van der Waals surface area (Å²) >= 11 is 0. The molecule has 0 fully saturated rings. The second-order valence-electron chi connectivity index (χ2n) is 7.59. The summed E-state index contributed by atoms with van der Waals surface area (Å²) in [4.78, 5) is 43.1. The Kier molecular flexibility index (Phi) is 9.11. The summed E-state index contributed by atoms with van der Waals surface area (Å²) in [6.45, 7) is 1.31. The minimum absolute atomic E-state index is 0.224. The first-order chi connectivity index (χ1) is 17.5. The van der Waals surface area contributed by atoms with Gasteiger partial charge in [-0.2, -0.15) is 0 Å². The highest BCUT2D eigenvalue weighted by Crippen LogP contribution is 2.20. The first-order valence-electron chi connectivity index (χ1n) is 10.8. The van der Waals surface area contributed by atoms with E-state index in [0.29, 0.717) is 24.1 Å². The minimum Gasteiger partial charge on any atom is -0.465 e. The maximum absolute atomic E-state index is 11.4. The lowest BCUT2D eigenvalue weighted by molar-refractivity contribution is -0.130. The molecule has 0 radical (unpaired) electrons. The van der Waals surface area contributed by atoms with E-state index < -0.39 is 0 Å². The summed E-state index contributed by atoms with van der Waals surface area (Å²) < 4.78 is 18.7. The maximum Gasteiger partial charge on any atom is 0.337 e. The van der Waals surface area contributed by atoms with Crippen molar-refractivity contribution >= 4 is 46.4 Å². The van der Waals surface area contributed by atoms with Crippen molar-refractivity contribution in [2.75, 3.05) is 14.2 Å². The van der Waals surface area contributed by atoms with Crippen LogP contribution in [-0.4, -0.2) is 39.1 Å². The number of fused-ring (bicyclic) bond motifs is 2. The SMILES string of the molecule is COC(=O)c1ccc2cc(COC=O)ccc2c1.COC(=O)c1ccc2ccc(COC=O)cc2c1. The highest BCUT2D eigenvalue weighted by Gasteiger charge is 2.07. The van der Waals surface area contributed by atoms with Crippen molar-refractivity contribution in [2.24, 2.45) is 0 Å². The first-order valence-corrected chi connectivity index (χ1v) is 10.8. The van der Waals surface area contributed by atoms with Crippen LogP contribution in [0.1, 0.15) is 31.8 Å². The molecule has 0 aliphatic heterocycles. The number of carbonyl (C=O) groups is 4. The molecular formula is C28H24O8. The quantitative estimate of drug-likeness (QED) is 0.201. The zero-order chi connectivity index (χ0) is 25.9. The topological polar surface area (TPSA) is 105 Å². The van der Waals surface area contributed by atoms with Crippen LogP contribution in [0.15, 0.2) is 72.8 Å². The van der Waals surface area contributed by atoms with E-state index in [1.807, 2.05) is 48.5 Å². The van der Waals surface area contributed by atoms with Crippen LogP contribution >= 0.6 is 0 Å². The minimum atomic E-state index is -0.369. The molecule has 0 spiro atoms. The largest absolute Gasteiger partial charge is 0.465 e. The Morgan fingerprint density at radius 2 is 1.00 bits per heavy atom. The number of methoxy groups -OCH3 is 2. The van der Waals surface area contributed by atoms with Gasteiger partial charge < -0.3 is 18.9 Å². The Balaban J connectivity index is 0.000000201. The summed E-state index contributed by atoms with van der Waals surface area (Å²) in [6.07, 6.45) is 0. The van der Waals surface area contributed by atoms with Gasteiger partial charge in [0, 0.05) is 0 Å². The Morgan fingerprint density at radius 3 is 1.53 bits per heavy atom. The molecule has 0 aliphatic carbocycles. The molecule has 4 rings (SSSR count). The van der Waals surface area contributed by atoms with Gasteiger partial charge in [-0.1, -0.05) is 36.4 Å². The van der Waals surface area contributed by atoms with Crippen molar-refractivity contribution in [1.82, 2.24) is 0 Å². The number of benzene rings is 4. The molecule has 0 unspecified atom stereocenters. The molecule has 0 saturated heterocycles. The fourth-order valence-electron chi connectivity index (χ4n) is 3.52. The molecule has 4 aromatic carbocycles. The molecule has 36 heavy (non-hydrogen) atoms. The van der Waals surface area contributed by atoms with Gasteiger partial charge >= 0.3 is 11.9 Å². The van der Waals surface area contributed by atoms with Crippen LogP contribution in [0.3, 0.4) is 0 Å². The van der Waals surface area contributed by atoms with Crippen molar-refractivity contribution in [1.29, 1.82) is 0 Å². The molecule has 0 aromatic heterocycles. The average molecular weight is 488 g/mol. The predicted octanol–water partition coefficient (Wildman–Crippen LogP) is 4.60. The smallest absolute Gasteiger partial charge is 0.337 e. The Morgan fingerprint density at radius 1 is 0.583 bits per heavy atom. The monoisotopic (exact) mass is 488 g/mol. The van der Waals surface area contributed by atoms with E-state index in [2.05, 4.69) is 9.47 Å². The summed E-state index contributed by atoms with van der Waals surface area (Å²) in [5, 5.41) is 3.84. The zero-order valence-corrected chi connectivity index (χ0v) is 19.8. The van der Waals surface area contributed by atoms with Crippen LogP contribution in [-0.2, 0) is 41.8 Å². The molecule has 0 bridgehead atoms. The summed E-state index contributed by atoms with van der Waals surface area (Å²) in [6, 6.07) is 22.0. The van der Waals surface area contributed by atoms with Crippen LogP contribution in [0.5, 0.6) is 0 Å². The molecule has 184 valence electrons. The van der Waals surface area contributed by atoms with E-state index in [9.17, 15) is 19.2 Å². The molecule has 8 heteroatoms.